The van der Waals surface area contributed by atoms with Crippen LogP contribution in [0.2, 0.25) is 10.0 Å². The lowest BCUT2D eigenvalue weighted by Crippen LogP contribution is -2.40. The number of anilines is 2. The number of nitrogens with zero attached hydrogens (tertiary/aromatic N) is 1. The van der Waals surface area contributed by atoms with Gasteiger partial charge in [-0.3, -0.25) is 4.79 Å². The summed E-state index contributed by atoms with van der Waals surface area (Å²) >= 11 is 11.9. The SMILES string of the molecule is Nc1cc(C(=O)OCC(=O)Nc2ccc(Cl)c(S(=O)(=O)N3CCOCC3)c2)ccc1Cl. The molecule has 31 heavy (non-hydrogen) atoms. The fourth-order valence-corrected chi connectivity index (χ4v) is 4.81. The van der Waals surface area contributed by atoms with Crippen LogP contribution in [-0.4, -0.2) is 57.5 Å². The van der Waals surface area contributed by atoms with Crippen molar-refractivity contribution in [1.82, 2.24) is 4.31 Å². The zero-order chi connectivity index (χ0) is 22.6. The Morgan fingerprint density at radius 1 is 1.10 bits per heavy atom. The first-order valence-electron chi connectivity index (χ1n) is 9.08. The summed E-state index contributed by atoms with van der Waals surface area (Å²) in [6.07, 6.45) is 0. The molecule has 1 amide bonds. The monoisotopic (exact) mass is 487 g/mol. The van der Waals surface area contributed by atoms with Crippen molar-refractivity contribution in [2.24, 2.45) is 0 Å². The minimum absolute atomic E-state index is 0.0243. The van der Waals surface area contributed by atoms with Gasteiger partial charge in [-0.15, -0.1) is 0 Å². The molecule has 0 aliphatic carbocycles. The summed E-state index contributed by atoms with van der Waals surface area (Å²) in [4.78, 5) is 24.1. The van der Waals surface area contributed by atoms with Crippen molar-refractivity contribution in [3.05, 3.63) is 52.0 Å². The quantitative estimate of drug-likeness (QED) is 0.472. The minimum atomic E-state index is -3.86. The van der Waals surface area contributed by atoms with Crippen molar-refractivity contribution in [2.45, 2.75) is 4.90 Å². The summed E-state index contributed by atoms with van der Waals surface area (Å²) < 4.78 is 37.1. The first kappa shape index (κ1) is 23.3. The summed E-state index contributed by atoms with van der Waals surface area (Å²) in [5, 5.41) is 2.80. The van der Waals surface area contributed by atoms with E-state index in [1.54, 1.807) is 0 Å². The molecule has 1 saturated heterocycles. The number of nitrogens with one attached hydrogen (secondary N) is 1. The molecule has 9 nitrogen and oxygen atoms in total. The number of carbonyl (C=O) groups excluding carboxylic acids is 2. The van der Waals surface area contributed by atoms with Crippen LogP contribution >= 0.6 is 23.2 Å². The predicted molar refractivity (Wildman–Crippen MR) is 116 cm³/mol. The van der Waals surface area contributed by atoms with E-state index in [9.17, 15) is 18.0 Å². The maximum atomic E-state index is 12.9. The Morgan fingerprint density at radius 2 is 1.77 bits per heavy atom. The van der Waals surface area contributed by atoms with Crippen LogP contribution in [0, 0.1) is 0 Å². The van der Waals surface area contributed by atoms with Crippen LogP contribution in [0.4, 0.5) is 11.4 Å². The number of rotatable bonds is 6. The summed E-state index contributed by atoms with van der Waals surface area (Å²) in [5.74, 6) is -1.42. The van der Waals surface area contributed by atoms with E-state index in [4.69, 9.17) is 38.4 Å². The molecular formula is C19H19Cl2N3O6S. The number of sulfonamides is 1. The Kier molecular flexibility index (Phi) is 7.39. The molecule has 1 fully saturated rings. The summed E-state index contributed by atoms with van der Waals surface area (Å²) in [5.41, 5.74) is 6.17. The van der Waals surface area contributed by atoms with Gasteiger partial charge in [0.05, 0.1) is 34.5 Å². The average molecular weight is 488 g/mol. The Bertz CT molecular complexity index is 1100. The third-order valence-corrected chi connectivity index (χ3v) is 7.09. The Morgan fingerprint density at radius 3 is 2.45 bits per heavy atom. The van der Waals surface area contributed by atoms with Gasteiger partial charge >= 0.3 is 5.97 Å². The number of esters is 1. The highest BCUT2D eigenvalue weighted by atomic mass is 35.5. The first-order valence-corrected chi connectivity index (χ1v) is 11.3. The minimum Gasteiger partial charge on any atom is -0.452 e. The second kappa shape index (κ2) is 9.84. The molecule has 166 valence electrons. The number of morpholine rings is 1. The van der Waals surface area contributed by atoms with E-state index >= 15 is 0 Å². The van der Waals surface area contributed by atoms with Crippen LogP contribution in [0.3, 0.4) is 0 Å². The van der Waals surface area contributed by atoms with Gasteiger partial charge in [-0.1, -0.05) is 23.2 Å². The average Bonchev–Trinajstić information content (AvgIpc) is 2.75. The molecule has 0 bridgehead atoms. The van der Waals surface area contributed by atoms with Crippen LogP contribution in [0.25, 0.3) is 0 Å². The Labute approximate surface area is 189 Å². The van der Waals surface area contributed by atoms with E-state index < -0.39 is 28.5 Å². The van der Waals surface area contributed by atoms with Crippen LogP contribution in [0.15, 0.2) is 41.3 Å². The molecular weight excluding hydrogens is 469 g/mol. The van der Waals surface area contributed by atoms with Gasteiger partial charge in [0.2, 0.25) is 10.0 Å². The molecule has 1 aliphatic rings. The Hall–Kier alpha value is -2.37. The lowest BCUT2D eigenvalue weighted by Gasteiger charge is -2.26. The normalized spacial score (nSPS) is 14.8. The number of ether oxygens (including phenoxy) is 2. The predicted octanol–water partition coefficient (Wildman–Crippen LogP) is 2.39. The van der Waals surface area contributed by atoms with Gasteiger partial charge in [0.25, 0.3) is 5.91 Å². The fraction of sp³-hybridized carbons (Fsp3) is 0.263. The smallest absolute Gasteiger partial charge is 0.338 e. The van der Waals surface area contributed by atoms with Crippen molar-refractivity contribution in [1.29, 1.82) is 0 Å². The highest BCUT2D eigenvalue weighted by Gasteiger charge is 2.28. The van der Waals surface area contributed by atoms with Crippen molar-refractivity contribution in [2.75, 3.05) is 44.0 Å². The second-order valence-electron chi connectivity index (χ2n) is 6.52. The number of benzene rings is 2. The van der Waals surface area contributed by atoms with E-state index in [1.165, 1.54) is 40.7 Å². The number of carbonyl (C=O) groups is 2. The molecule has 0 radical (unpaired) electrons. The van der Waals surface area contributed by atoms with Crippen LogP contribution in [0.1, 0.15) is 10.4 Å². The molecule has 0 aromatic heterocycles. The van der Waals surface area contributed by atoms with Gasteiger partial charge in [0.15, 0.2) is 6.61 Å². The van der Waals surface area contributed by atoms with E-state index in [1.807, 2.05) is 0 Å². The largest absolute Gasteiger partial charge is 0.452 e. The van der Waals surface area contributed by atoms with Crippen LogP contribution in [0.5, 0.6) is 0 Å². The van der Waals surface area contributed by atoms with Crippen molar-refractivity contribution in [3.8, 4) is 0 Å². The van der Waals surface area contributed by atoms with E-state index in [-0.39, 0.29) is 53.2 Å². The van der Waals surface area contributed by atoms with E-state index in [2.05, 4.69) is 5.32 Å². The zero-order valence-electron chi connectivity index (χ0n) is 16.1. The fourth-order valence-electron chi connectivity index (χ4n) is 2.79. The molecule has 1 aliphatic heterocycles. The zero-order valence-corrected chi connectivity index (χ0v) is 18.5. The molecule has 2 aromatic carbocycles. The molecule has 12 heteroatoms. The lowest BCUT2D eigenvalue weighted by molar-refractivity contribution is -0.119. The maximum Gasteiger partial charge on any atom is 0.338 e. The molecule has 0 atom stereocenters. The third kappa shape index (κ3) is 5.66. The molecule has 1 heterocycles. The van der Waals surface area contributed by atoms with E-state index in [0.29, 0.717) is 5.02 Å². The number of hydrogen-bond acceptors (Lipinski definition) is 7. The van der Waals surface area contributed by atoms with Gasteiger partial charge in [-0.05, 0) is 36.4 Å². The summed E-state index contributed by atoms with van der Waals surface area (Å²) in [6, 6.07) is 8.27. The van der Waals surface area contributed by atoms with Crippen molar-refractivity contribution in [3.63, 3.8) is 0 Å². The van der Waals surface area contributed by atoms with Crippen molar-refractivity contribution >= 4 is 56.5 Å². The second-order valence-corrected chi connectivity index (χ2v) is 9.24. The van der Waals surface area contributed by atoms with Gasteiger partial charge in [0, 0.05) is 18.8 Å². The maximum absolute atomic E-state index is 12.9. The molecule has 0 unspecified atom stereocenters. The highest BCUT2D eigenvalue weighted by Crippen LogP contribution is 2.28. The lowest BCUT2D eigenvalue weighted by atomic mass is 10.2. The highest BCUT2D eigenvalue weighted by molar-refractivity contribution is 7.89. The first-order chi connectivity index (χ1) is 14.7. The van der Waals surface area contributed by atoms with Crippen LogP contribution < -0.4 is 11.1 Å². The number of amides is 1. The van der Waals surface area contributed by atoms with E-state index in [0.717, 1.165) is 0 Å². The topological polar surface area (TPSA) is 128 Å². The number of halogens is 2. The number of nitrogen functional groups attached to an aromatic ring is 1. The standard InChI is InChI=1S/C19H19Cl2N3O6S/c20-14-3-1-12(9-16(14)22)19(26)30-11-18(25)23-13-2-4-15(21)17(10-13)31(27,28)24-5-7-29-8-6-24/h1-4,9-10H,5-8,11,22H2,(H,23,25). The molecule has 3 rings (SSSR count). The molecule has 3 N–H and O–H groups in total. The summed E-state index contributed by atoms with van der Waals surface area (Å²) in [6.45, 7) is 0.409. The molecule has 0 saturated carbocycles. The van der Waals surface area contributed by atoms with Gasteiger partial charge in [-0.25, -0.2) is 13.2 Å². The van der Waals surface area contributed by atoms with Gasteiger partial charge < -0.3 is 20.5 Å². The van der Waals surface area contributed by atoms with Gasteiger partial charge in [-0.2, -0.15) is 4.31 Å². The Balaban J connectivity index is 1.65. The molecule has 2 aromatic rings. The number of hydrogen-bond donors (Lipinski definition) is 2. The summed E-state index contributed by atoms with van der Waals surface area (Å²) in [7, 11) is -3.86. The third-order valence-electron chi connectivity index (χ3n) is 4.37. The molecule has 0 spiro atoms. The van der Waals surface area contributed by atoms with Crippen LogP contribution in [-0.2, 0) is 24.3 Å². The van der Waals surface area contributed by atoms with Gasteiger partial charge in [0.1, 0.15) is 4.90 Å². The van der Waals surface area contributed by atoms with Crippen molar-refractivity contribution < 1.29 is 27.5 Å². The number of nitrogens with two attached hydrogens (primary N) is 1.